The van der Waals surface area contributed by atoms with Gasteiger partial charge in [-0.2, -0.15) is 0 Å². The van der Waals surface area contributed by atoms with Gasteiger partial charge in [0.15, 0.2) is 23.6 Å². The number of ether oxygens (including phenoxy) is 3. The standard InChI is InChI=1S/C27H33NO11.ClH/c1-10-22(31)13(28)6-17(38-10)39-15-8-27(36,16(30)9-29)7-12-19(15)26(35)21-20(24(12)33)23(32)11-4-3-5-14(37-2)18(11)25(21)34;/h3-5,10,12-13,15,17,19,22,24,26,29,31,33,35-36H,6-9,28H2,1-2H3;1H/t10?,12?,13?,15-,17?,19?,22?,24?,26?,27-;/m0./s1. The Morgan fingerprint density at radius 2 is 1.80 bits per heavy atom. The second kappa shape index (κ2) is 11.2. The number of fused-ring (bicyclic) bond motifs is 2. The van der Waals surface area contributed by atoms with Crippen LogP contribution in [0.25, 0.3) is 0 Å². The Hall–Kier alpha value is -2.26. The number of aliphatic hydroxyl groups excluding tert-OH is 4. The third-order valence-electron chi connectivity index (χ3n) is 8.63. The Bertz CT molecular complexity index is 1220. The van der Waals surface area contributed by atoms with Crippen LogP contribution in [0.3, 0.4) is 0 Å². The van der Waals surface area contributed by atoms with E-state index >= 15 is 0 Å². The summed E-state index contributed by atoms with van der Waals surface area (Å²) in [6.45, 7) is 0.620. The predicted molar refractivity (Wildman–Crippen MR) is 139 cm³/mol. The number of Topliss-reactive ketones (excluding diaryl/α,β-unsaturated/α-hetero) is 3. The Labute approximate surface area is 236 Å². The van der Waals surface area contributed by atoms with Crippen LogP contribution in [0.1, 0.15) is 46.9 Å². The van der Waals surface area contributed by atoms with Crippen LogP contribution in [0.5, 0.6) is 5.75 Å². The van der Waals surface area contributed by atoms with Crippen LogP contribution < -0.4 is 10.5 Å². The van der Waals surface area contributed by atoms with Crippen molar-refractivity contribution >= 4 is 29.8 Å². The molecule has 12 nitrogen and oxygen atoms in total. The number of rotatable bonds is 5. The monoisotopic (exact) mass is 583 g/mol. The van der Waals surface area contributed by atoms with E-state index in [0.29, 0.717) is 0 Å². The van der Waals surface area contributed by atoms with Gasteiger partial charge in [0.1, 0.15) is 18.0 Å². The number of hydrogen-bond acceptors (Lipinski definition) is 12. The molecule has 1 aliphatic heterocycles. The van der Waals surface area contributed by atoms with Gasteiger partial charge in [-0.05, 0) is 19.4 Å². The number of carbonyl (C=O) groups is 3. The summed E-state index contributed by atoms with van der Waals surface area (Å²) in [5, 5.41) is 54.1. The number of benzene rings is 1. The van der Waals surface area contributed by atoms with Gasteiger partial charge < -0.3 is 45.5 Å². The number of carbonyl (C=O) groups excluding carboxylic acids is 3. The lowest BCUT2D eigenvalue weighted by Gasteiger charge is -2.52. The van der Waals surface area contributed by atoms with Gasteiger partial charge in [0.2, 0.25) is 0 Å². The summed E-state index contributed by atoms with van der Waals surface area (Å²) in [4.78, 5) is 39.9. The molecular formula is C27H34ClNO11. The van der Waals surface area contributed by atoms with E-state index in [1.165, 1.54) is 25.3 Å². The molecule has 2 fully saturated rings. The topological polar surface area (TPSA) is 206 Å². The molecule has 1 saturated heterocycles. The molecule has 8 unspecified atom stereocenters. The molecule has 220 valence electrons. The Morgan fingerprint density at radius 3 is 2.42 bits per heavy atom. The fourth-order valence-corrected chi connectivity index (χ4v) is 6.64. The van der Waals surface area contributed by atoms with E-state index in [0.717, 1.165) is 0 Å². The van der Waals surface area contributed by atoms with Crippen LogP contribution in [-0.4, -0.2) is 105 Å². The SMILES string of the molecule is COc1cccc2c1C(=O)C1=C(C2=O)C(O)C2C[C@@](O)(C(=O)CO)C[C@H](OC3CC(N)C(O)C(C)O3)C2C1O.Cl. The fourth-order valence-electron chi connectivity index (χ4n) is 6.64. The van der Waals surface area contributed by atoms with Crippen LogP contribution >= 0.6 is 12.4 Å². The molecule has 7 N–H and O–H groups in total. The zero-order valence-electron chi connectivity index (χ0n) is 21.9. The van der Waals surface area contributed by atoms with Crippen LogP contribution in [0.2, 0.25) is 0 Å². The molecule has 1 heterocycles. The number of aliphatic hydroxyl groups is 5. The molecule has 0 radical (unpaired) electrons. The lowest BCUT2D eigenvalue weighted by Crippen LogP contribution is -2.62. The highest BCUT2D eigenvalue weighted by molar-refractivity contribution is 6.28. The van der Waals surface area contributed by atoms with Gasteiger partial charge in [0.25, 0.3) is 0 Å². The zero-order valence-corrected chi connectivity index (χ0v) is 22.7. The normalized spacial score (nSPS) is 39.0. The van der Waals surface area contributed by atoms with Crippen molar-refractivity contribution in [1.82, 2.24) is 0 Å². The van der Waals surface area contributed by atoms with Crippen LogP contribution in [0, 0.1) is 11.8 Å². The van der Waals surface area contributed by atoms with Crippen molar-refractivity contribution in [3.05, 3.63) is 40.5 Å². The minimum Gasteiger partial charge on any atom is -0.496 e. The maximum absolute atomic E-state index is 13.7. The first-order valence-electron chi connectivity index (χ1n) is 12.9. The second-order valence-electron chi connectivity index (χ2n) is 10.9. The van der Waals surface area contributed by atoms with E-state index in [1.807, 2.05) is 0 Å². The van der Waals surface area contributed by atoms with Crippen molar-refractivity contribution in [1.29, 1.82) is 0 Å². The van der Waals surface area contributed by atoms with Gasteiger partial charge in [-0.1, -0.05) is 12.1 Å². The molecule has 4 aliphatic rings. The number of methoxy groups -OCH3 is 1. The minimum absolute atomic E-state index is 0. The van der Waals surface area contributed by atoms with E-state index in [1.54, 1.807) is 6.92 Å². The number of ketones is 3. The van der Waals surface area contributed by atoms with E-state index in [-0.39, 0.29) is 53.3 Å². The molecule has 0 amide bonds. The number of nitrogens with two attached hydrogens (primary N) is 1. The molecule has 40 heavy (non-hydrogen) atoms. The van der Waals surface area contributed by atoms with E-state index in [2.05, 4.69) is 0 Å². The Kier molecular flexibility index (Phi) is 8.59. The van der Waals surface area contributed by atoms with Crippen molar-refractivity contribution in [3.63, 3.8) is 0 Å². The van der Waals surface area contributed by atoms with Crippen LogP contribution in [0.4, 0.5) is 0 Å². The van der Waals surface area contributed by atoms with E-state index < -0.39 is 90.7 Å². The van der Waals surface area contributed by atoms with Gasteiger partial charge in [0.05, 0.1) is 43.2 Å². The lowest BCUT2D eigenvalue weighted by atomic mass is 9.57. The molecular weight excluding hydrogens is 550 g/mol. The molecule has 13 heteroatoms. The molecule has 0 bridgehead atoms. The summed E-state index contributed by atoms with van der Waals surface area (Å²) in [6, 6.07) is 3.76. The van der Waals surface area contributed by atoms with Crippen molar-refractivity contribution in [2.24, 2.45) is 17.6 Å². The van der Waals surface area contributed by atoms with Crippen LogP contribution in [0.15, 0.2) is 29.3 Å². The highest BCUT2D eigenvalue weighted by atomic mass is 35.5. The second-order valence-corrected chi connectivity index (χ2v) is 10.9. The third kappa shape index (κ3) is 4.71. The first kappa shape index (κ1) is 30.7. The average molecular weight is 584 g/mol. The summed E-state index contributed by atoms with van der Waals surface area (Å²) in [5.74, 6) is -4.27. The minimum atomic E-state index is -2.15. The molecule has 5 rings (SSSR count). The lowest BCUT2D eigenvalue weighted by molar-refractivity contribution is -0.268. The predicted octanol–water partition coefficient (Wildman–Crippen LogP) is -0.945. The highest BCUT2D eigenvalue weighted by Gasteiger charge is 2.60. The first-order chi connectivity index (χ1) is 18.4. The van der Waals surface area contributed by atoms with Gasteiger partial charge >= 0.3 is 0 Å². The largest absolute Gasteiger partial charge is 0.496 e. The molecule has 0 aromatic heterocycles. The van der Waals surface area contributed by atoms with Crippen molar-refractivity contribution in [3.8, 4) is 5.75 Å². The van der Waals surface area contributed by atoms with E-state index in [9.17, 15) is 39.9 Å². The summed E-state index contributed by atoms with van der Waals surface area (Å²) >= 11 is 0. The zero-order chi connectivity index (χ0) is 28.4. The maximum atomic E-state index is 13.7. The first-order valence-corrected chi connectivity index (χ1v) is 12.9. The van der Waals surface area contributed by atoms with Crippen molar-refractivity contribution in [2.45, 2.75) is 74.6 Å². The molecule has 10 atom stereocenters. The number of halogens is 1. The van der Waals surface area contributed by atoms with Gasteiger partial charge in [-0.25, -0.2) is 0 Å². The van der Waals surface area contributed by atoms with Crippen molar-refractivity contribution in [2.75, 3.05) is 13.7 Å². The number of hydrogen-bond donors (Lipinski definition) is 6. The van der Waals surface area contributed by atoms with Gasteiger partial charge in [-0.3, -0.25) is 14.4 Å². The third-order valence-corrected chi connectivity index (χ3v) is 8.63. The van der Waals surface area contributed by atoms with Gasteiger partial charge in [-0.15, -0.1) is 12.4 Å². The molecule has 3 aliphatic carbocycles. The summed E-state index contributed by atoms with van der Waals surface area (Å²) in [6.07, 6.45) is -7.77. The molecule has 1 saturated carbocycles. The Balaban J connectivity index is 0.00000370. The highest BCUT2D eigenvalue weighted by Crippen LogP contribution is 2.51. The summed E-state index contributed by atoms with van der Waals surface area (Å²) < 4.78 is 17.2. The molecule has 1 aromatic carbocycles. The summed E-state index contributed by atoms with van der Waals surface area (Å²) in [5.41, 5.74) is 3.26. The van der Waals surface area contributed by atoms with Crippen molar-refractivity contribution < 1.29 is 54.1 Å². The molecule has 0 spiro atoms. The smallest absolute Gasteiger partial charge is 0.196 e. The van der Waals surface area contributed by atoms with Crippen LogP contribution in [-0.2, 0) is 14.3 Å². The average Bonchev–Trinajstić information content (AvgIpc) is 2.90. The maximum Gasteiger partial charge on any atom is 0.196 e. The summed E-state index contributed by atoms with van der Waals surface area (Å²) in [7, 11) is 1.34. The quantitative estimate of drug-likeness (QED) is 0.248. The van der Waals surface area contributed by atoms with Gasteiger partial charge in [0, 0.05) is 47.4 Å². The molecule has 1 aromatic rings. The Morgan fingerprint density at radius 1 is 1.12 bits per heavy atom. The fraction of sp³-hybridized carbons (Fsp3) is 0.593. The van der Waals surface area contributed by atoms with E-state index in [4.69, 9.17) is 19.9 Å².